The van der Waals surface area contributed by atoms with Gasteiger partial charge in [-0.1, -0.05) is 29.8 Å². The van der Waals surface area contributed by atoms with Gasteiger partial charge >= 0.3 is 0 Å². The maximum atomic E-state index is 4.68. The predicted molar refractivity (Wildman–Crippen MR) is 85.4 cm³/mol. The first-order valence-electron chi connectivity index (χ1n) is 8.08. The van der Waals surface area contributed by atoms with Gasteiger partial charge < -0.3 is 5.32 Å². The van der Waals surface area contributed by atoms with E-state index in [1.807, 2.05) is 6.20 Å². The van der Waals surface area contributed by atoms with Crippen LogP contribution in [0.15, 0.2) is 36.5 Å². The van der Waals surface area contributed by atoms with Gasteiger partial charge in [0.1, 0.15) is 0 Å². The Morgan fingerprint density at radius 3 is 2.95 bits per heavy atom. The first-order chi connectivity index (χ1) is 10.3. The maximum absolute atomic E-state index is 4.68. The van der Waals surface area contributed by atoms with E-state index in [4.69, 9.17) is 0 Å². The standard InChI is InChI=1S/C19H22N2/c1-13-4-5-15(12-21-16-7-8-16)18(11-13)17-9-6-14-3-2-10-20-19(14)17/h2-5,10-11,16-17,21H,6-9,12H2,1H3. The van der Waals surface area contributed by atoms with Crippen molar-refractivity contribution < 1.29 is 0 Å². The highest BCUT2D eigenvalue weighted by Gasteiger charge is 2.27. The number of nitrogens with one attached hydrogen (secondary N) is 1. The van der Waals surface area contributed by atoms with Crippen LogP contribution < -0.4 is 5.32 Å². The van der Waals surface area contributed by atoms with Crippen molar-refractivity contribution in [2.45, 2.75) is 51.1 Å². The zero-order valence-electron chi connectivity index (χ0n) is 12.6. The largest absolute Gasteiger partial charge is 0.310 e. The molecule has 0 saturated heterocycles. The molecule has 1 saturated carbocycles. The van der Waals surface area contributed by atoms with Gasteiger partial charge in [0.05, 0.1) is 5.69 Å². The highest BCUT2D eigenvalue weighted by molar-refractivity contribution is 5.43. The lowest BCUT2D eigenvalue weighted by Gasteiger charge is -2.17. The number of aryl methyl sites for hydroxylation is 2. The number of nitrogens with zero attached hydrogens (tertiary/aromatic N) is 1. The summed E-state index contributed by atoms with van der Waals surface area (Å²) in [7, 11) is 0. The number of aromatic nitrogens is 1. The van der Waals surface area contributed by atoms with Crippen LogP contribution in [0, 0.1) is 6.92 Å². The lowest BCUT2D eigenvalue weighted by atomic mass is 9.90. The average molecular weight is 278 g/mol. The van der Waals surface area contributed by atoms with Gasteiger partial charge in [0.15, 0.2) is 0 Å². The van der Waals surface area contributed by atoms with Crippen molar-refractivity contribution in [3.63, 3.8) is 0 Å². The van der Waals surface area contributed by atoms with E-state index in [0.29, 0.717) is 5.92 Å². The second-order valence-electron chi connectivity index (χ2n) is 6.50. The predicted octanol–water partition coefficient (Wildman–Crippen LogP) is 3.72. The molecule has 1 N–H and O–H groups in total. The van der Waals surface area contributed by atoms with Crippen molar-refractivity contribution in [3.8, 4) is 0 Å². The smallest absolute Gasteiger partial charge is 0.0510 e. The zero-order valence-corrected chi connectivity index (χ0v) is 12.6. The van der Waals surface area contributed by atoms with E-state index in [0.717, 1.165) is 19.0 Å². The fourth-order valence-corrected chi connectivity index (χ4v) is 3.46. The SMILES string of the molecule is Cc1ccc(CNC2CC2)c(C2CCc3cccnc32)c1. The van der Waals surface area contributed by atoms with Crippen LogP contribution in [0.3, 0.4) is 0 Å². The van der Waals surface area contributed by atoms with E-state index in [2.05, 4.69) is 47.6 Å². The molecule has 0 spiro atoms. The number of pyridine rings is 1. The Bertz CT molecular complexity index is 658. The molecule has 2 aliphatic rings. The molecule has 21 heavy (non-hydrogen) atoms. The molecule has 0 amide bonds. The summed E-state index contributed by atoms with van der Waals surface area (Å²) in [5, 5.41) is 3.66. The lowest BCUT2D eigenvalue weighted by molar-refractivity contribution is 0.670. The van der Waals surface area contributed by atoms with Gasteiger partial charge in [-0.05, 0) is 55.4 Å². The molecule has 2 heteroatoms. The van der Waals surface area contributed by atoms with Gasteiger partial charge in [0.2, 0.25) is 0 Å². The number of rotatable bonds is 4. The highest BCUT2D eigenvalue weighted by atomic mass is 14.9. The summed E-state index contributed by atoms with van der Waals surface area (Å²) in [6.45, 7) is 3.19. The molecular weight excluding hydrogens is 256 g/mol. The van der Waals surface area contributed by atoms with Crippen molar-refractivity contribution in [2.75, 3.05) is 0 Å². The molecule has 0 aliphatic heterocycles. The van der Waals surface area contributed by atoms with Crippen molar-refractivity contribution in [2.24, 2.45) is 0 Å². The summed E-state index contributed by atoms with van der Waals surface area (Å²) in [4.78, 5) is 4.68. The molecule has 1 atom stereocenters. The van der Waals surface area contributed by atoms with E-state index >= 15 is 0 Å². The molecule has 2 aliphatic carbocycles. The third-order valence-corrected chi connectivity index (χ3v) is 4.79. The number of benzene rings is 1. The monoisotopic (exact) mass is 278 g/mol. The molecule has 1 aromatic heterocycles. The molecule has 1 heterocycles. The summed E-state index contributed by atoms with van der Waals surface area (Å²) >= 11 is 0. The normalized spacial score (nSPS) is 20.5. The average Bonchev–Trinajstić information content (AvgIpc) is 3.23. The van der Waals surface area contributed by atoms with Gasteiger partial charge in [-0.2, -0.15) is 0 Å². The highest BCUT2D eigenvalue weighted by Crippen LogP contribution is 2.38. The Morgan fingerprint density at radius 2 is 2.10 bits per heavy atom. The number of fused-ring (bicyclic) bond motifs is 1. The molecule has 2 nitrogen and oxygen atoms in total. The first kappa shape index (κ1) is 13.0. The molecule has 0 radical (unpaired) electrons. The number of hydrogen-bond acceptors (Lipinski definition) is 2. The van der Waals surface area contributed by atoms with E-state index < -0.39 is 0 Å². The molecular formula is C19H22N2. The van der Waals surface area contributed by atoms with E-state index in [9.17, 15) is 0 Å². The van der Waals surface area contributed by atoms with Crippen molar-refractivity contribution in [3.05, 3.63) is 64.5 Å². The zero-order chi connectivity index (χ0) is 14.2. The van der Waals surface area contributed by atoms with Gasteiger partial charge in [-0.3, -0.25) is 4.98 Å². The third-order valence-electron chi connectivity index (χ3n) is 4.79. The fourth-order valence-electron chi connectivity index (χ4n) is 3.46. The van der Waals surface area contributed by atoms with E-state index in [1.165, 1.54) is 47.2 Å². The lowest BCUT2D eigenvalue weighted by Crippen LogP contribution is -2.17. The summed E-state index contributed by atoms with van der Waals surface area (Å²) in [5.41, 5.74) is 7.03. The summed E-state index contributed by atoms with van der Waals surface area (Å²) in [6, 6.07) is 12.0. The summed E-state index contributed by atoms with van der Waals surface area (Å²) in [6.07, 6.45) is 6.99. The van der Waals surface area contributed by atoms with Crippen molar-refractivity contribution in [1.29, 1.82) is 0 Å². The minimum Gasteiger partial charge on any atom is -0.310 e. The van der Waals surface area contributed by atoms with Crippen LogP contribution in [0.4, 0.5) is 0 Å². The van der Waals surface area contributed by atoms with Crippen molar-refractivity contribution >= 4 is 0 Å². The minimum atomic E-state index is 0.483. The Balaban J connectivity index is 1.68. The topological polar surface area (TPSA) is 24.9 Å². The Hall–Kier alpha value is -1.67. The Labute approximate surface area is 126 Å². The summed E-state index contributed by atoms with van der Waals surface area (Å²) in [5.74, 6) is 0.483. The fraction of sp³-hybridized carbons (Fsp3) is 0.421. The third kappa shape index (κ3) is 2.60. The van der Waals surface area contributed by atoms with Crippen LogP contribution in [0.25, 0.3) is 0 Å². The van der Waals surface area contributed by atoms with E-state index in [-0.39, 0.29) is 0 Å². The second kappa shape index (κ2) is 5.27. The molecule has 1 unspecified atom stereocenters. The first-order valence-corrected chi connectivity index (χ1v) is 8.08. The molecule has 1 fully saturated rings. The van der Waals surface area contributed by atoms with Gasteiger partial charge in [-0.15, -0.1) is 0 Å². The maximum Gasteiger partial charge on any atom is 0.0510 e. The van der Waals surface area contributed by atoms with Crippen LogP contribution in [0.2, 0.25) is 0 Å². The molecule has 2 aromatic rings. The van der Waals surface area contributed by atoms with Crippen LogP contribution in [-0.4, -0.2) is 11.0 Å². The minimum absolute atomic E-state index is 0.483. The second-order valence-corrected chi connectivity index (χ2v) is 6.50. The van der Waals surface area contributed by atoms with Gasteiger partial charge in [0.25, 0.3) is 0 Å². The number of hydrogen-bond donors (Lipinski definition) is 1. The van der Waals surface area contributed by atoms with Crippen LogP contribution in [0.1, 0.15) is 53.1 Å². The quantitative estimate of drug-likeness (QED) is 0.922. The molecule has 1 aromatic carbocycles. The van der Waals surface area contributed by atoms with E-state index in [1.54, 1.807) is 0 Å². The van der Waals surface area contributed by atoms with Crippen LogP contribution in [0.5, 0.6) is 0 Å². The summed E-state index contributed by atoms with van der Waals surface area (Å²) < 4.78 is 0. The Morgan fingerprint density at radius 1 is 1.19 bits per heavy atom. The molecule has 108 valence electrons. The molecule has 0 bridgehead atoms. The van der Waals surface area contributed by atoms with Crippen LogP contribution >= 0.6 is 0 Å². The Kier molecular flexibility index (Phi) is 3.27. The van der Waals surface area contributed by atoms with Gasteiger partial charge in [0, 0.05) is 24.7 Å². The molecule has 4 rings (SSSR count). The van der Waals surface area contributed by atoms with Crippen LogP contribution in [-0.2, 0) is 13.0 Å². The van der Waals surface area contributed by atoms with Gasteiger partial charge in [-0.25, -0.2) is 0 Å². The van der Waals surface area contributed by atoms with Crippen molar-refractivity contribution in [1.82, 2.24) is 10.3 Å².